The Kier molecular flexibility index (Phi) is 3.88. The van der Waals surface area contributed by atoms with Gasteiger partial charge in [-0.15, -0.1) is 0 Å². The molecule has 0 aliphatic carbocycles. The zero-order valence-electron chi connectivity index (χ0n) is 11.4. The third kappa shape index (κ3) is 3.06. The summed E-state index contributed by atoms with van der Waals surface area (Å²) in [6.07, 6.45) is 0. The number of nitrogens with zero attached hydrogens (tertiary/aromatic N) is 2. The summed E-state index contributed by atoms with van der Waals surface area (Å²) >= 11 is 5.94. The SMILES string of the molecule is CCOc1cccc(Oc2nc(Cl)nc3ccccc23)c1. The van der Waals surface area contributed by atoms with Gasteiger partial charge in [0.1, 0.15) is 11.5 Å². The van der Waals surface area contributed by atoms with Gasteiger partial charge in [-0.25, -0.2) is 4.98 Å². The fourth-order valence-corrected chi connectivity index (χ4v) is 2.17. The zero-order valence-corrected chi connectivity index (χ0v) is 12.2. The van der Waals surface area contributed by atoms with Gasteiger partial charge in [0.2, 0.25) is 11.2 Å². The Hall–Kier alpha value is -2.33. The van der Waals surface area contributed by atoms with E-state index in [0.717, 1.165) is 16.7 Å². The first-order chi connectivity index (χ1) is 10.3. The van der Waals surface area contributed by atoms with E-state index in [1.54, 1.807) is 0 Å². The van der Waals surface area contributed by atoms with E-state index in [1.165, 1.54) is 0 Å². The lowest BCUT2D eigenvalue weighted by Gasteiger charge is -2.09. The minimum atomic E-state index is 0.157. The van der Waals surface area contributed by atoms with Crippen LogP contribution in [0.15, 0.2) is 48.5 Å². The van der Waals surface area contributed by atoms with Crippen molar-refractivity contribution in [2.45, 2.75) is 6.92 Å². The van der Waals surface area contributed by atoms with Gasteiger partial charge < -0.3 is 9.47 Å². The first-order valence-electron chi connectivity index (χ1n) is 6.59. The molecule has 0 atom stereocenters. The normalized spacial score (nSPS) is 10.6. The highest BCUT2D eigenvalue weighted by Crippen LogP contribution is 2.30. The van der Waals surface area contributed by atoms with Gasteiger partial charge in [-0.05, 0) is 42.8 Å². The summed E-state index contributed by atoms with van der Waals surface area (Å²) in [5.74, 6) is 1.82. The van der Waals surface area contributed by atoms with Gasteiger partial charge in [0.15, 0.2) is 0 Å². The van der Waals surface area contributed by atoms with Crippen LogP contribution in [-0.4, -0.2) is 16.6 Å². The minimum Gasteiger partial charge on any atom is -0.494 e. The van der Waals surface area contributed by atoms with Crippen LogP contribution in [0.5, 0.6) is 17.4 Å². The summed E-state index contributed by atoms with van der Waals surface area (Å²) in [7, 11) is 0. The van der Waals surface area contributed by atoms with Crippen molar-refractivity contribution in [2.24, 2.45) is 0 Å². The molecule has 0 bridgehead atoms. The molecule has 0 aliphatic heterocycles. The third-order valence-corrected chi connectivity index (χ3v) is 3.04. The molecule has 1 heterocycles. The van der Waals surface area contributed by atoms with E-state index in [9.17, 15) is 0 Å². The summed E-state index contributed by atoms with van der Waals surface area (Å²) in [4.78, 5) is 8.34. The first kappa shape index (κ1) is 13.6. The Morgan fingerprint density at radius 1 is 1.00 bits per heavy atom. The highest BCUT2D eigenvalue weighted by molar-refractivity contribution is 6.28. The molecule has 0 spiro atoms. The van der Waals surface area contributed by atoms with E-state index in [0.29, 0.717) is 18.2 Å². The Balaban J connectivity index is 1.99. The predicted octanol–water partition coefficient (Wildman–Crippen LogP) is 4.47. The van der Waals surface area contributed by atoms with Crippen LogP contribution in [0.4, 0.5) is 0 Å². The van der Waals surface area contributed by atoms with E-state index in [-0.39, 0.29) is 5.28 Å². The topological polar surface area (TPSA) is 44.2 Å². The second-order valence-corrected chi connectivity index (χ2v) is 4.66. The van der Waals surface area contributed by atoms with E-state index in [2.05, 4.69) is 9.97 Å². The van der Waals surface area contributed by atoms with Gasteiger partial charge in [0.25, 0.3) is 0 Å². The van der Waals surface area contributed by atoms with Gasteiger partial charge in [0, 0.05) is 6.07 Å². The molecule has 1 aromatic heterocycles. The summed E-state index contributed by atoms with van der Waals surface area (Å²) in [5.41, 5.74) is 0.744. The van der Waals surface area contributed by atoms with Crippen LogP contribution >= 0.6 is 11.6 Å². The number of fused-ring (bicyclic) bond motifs is 1. The molecule has 2 aromatic carbocycles. The second-order valence-electron chi connectivity index (χ2n) is 4.32. The lowest BCUT2D eigenvalue weighted by molar-refractivity contribution is 0.338. The third-order valence-electron chi connectivity index (χ3n) is 2.87. The highest BCUT2D eigenvalue weighted by atomic mass is 35.5. The van der Waals surface area contributed by atoms with Gasteiger partial charge in [-0.1, -0.05) is 18.2 Å². The largest absolute Gasteiger partial charge is 0.494 e. The Labute approximate surface area is 127 Å². The molecule has 0 aliphatic rings. The standard InChI is InChI=1S/C16H13ClN2O2/c1-2-20-11-6-5-7-12(10-11)21-15-13-8-3-4-9-14(13)18-16(17)19-15/h3-10H,2H2,1H3. The maximum Gasteiger partial charge on any atom is 0.231 e. The smallest absolute Gasteiger partial charge is 0.231 e. The lowest BCUT2D eigenvalue weighted by Crippen LogP contribution is -1.94. The first-order valence-corrected chi connectivity index (χ1v) is 6.97. The fourth-order valence-electron chi connectivity index (χ4n) is 2.00. The quantitative estimate of drug-likeness (QED) is 0.667. The van der Waals surface area contributed by atoms with E-state index < -0.39 is 0 Å². The Morgan fingerprint density at radius 2 is 1.81 bits per heavy atom. The average Bonchev–Trinajstić information content (AvgIpc) is 2.48. The van der Waals surface area contributed by atoms with Crippen LogP contribution in [0.1, 0.15) is 6.92 Å². The van der Waals surface area contributed by atoms with Crippen LogP contribution in [0.25, 0.3) is 10.9 Å². The van der Waals surface area contributed by atoms with Crippen molar-refractivity contribution in [3.63, 3.8) is 0 Å². The summed E-state index contributed by atoms with van der Waals surface area (Å²) in [6, 6.07) is 15.0. The van der Waals surface area contributed by atoms with Crippen molar-refractivity contribution in [3.8, 4) is 17.4 Å². The highest BCUT2D eigenvalue weighted by Gasteiger charge is 2.09. The summed E-state index contributed by atoms with van der Waals surface area (Å²) in [6.45, 7) is 2.54. The number of hydrogen-bond acceptors (Lipinski definition) is 4. The number of halogens is 1. The maximum atomic E-state index is 5.94. The van der Waals surface area contributed by atoms with Crippen molar-refractivity contribution in [3.05, 3.63) is 53.8 Å². The molecule has 106 valence electrons. The molecule has 3 rings (SSSR count). The predicted molar refractivity (Wildman–Crippen MR) is 82.2 cm³/mol. The molecule has 0 saturated carbocycles. The molecule has 0 fully saturated rings. The van der Waals surface area contributed by atoms with Gasteiger partial charge in [-0.2, -0.15) is 4.98 Å². The van der Waals surface area contributed by atoms with Gasteiger partial charge in [0.05, 0.1) is 17.5 Å². The summed E-state index contributed by atoms with van der Waals surface area (Å²) < 4.78 is 11.3. The van der Waals surface area contributed by atoms with Crippen molar-refractivity contribution in [1.29, 1.82) is 0 Å². The Morgan fingerprint density at radius 3 is 2.67 bits per heavy atom. The summed E-state index contributed by atoms with van der Waals surface area (Å²) in [5, 5.41) is 0.966. The molecular formula is C16H13ClN2O2. The van der Waals surface area contributed by atoms with Crippen LogP contribution in [0.3, 0.4) is 0 Å². The fraction of sp³-hybridized carbons (Fsp3) is 0.125. The van der Waals surface area contributed by atoms with Crippen LogP contribution < -0.4 is 9.47 Å². The van der Waals surface area contributed by atoms with Gasteiger partial charge in [-0.3, -0.25) is 0 Å². The number of hydrogen-bond donors (Lipinski definition) is 0. The van der Waals surface area contributed by atoms with Crippen molar-refractivity contribution < 1.29 is 9.47 Å². The van der Waals surface area contributed by atoms with Gasteiger partial charge >= 0.3 is 0 Å². The monoisotopic (exact) mass is 300 g/mol. The second kappa shape index (κ2) is 5.97. The lowest BCUT2D eigenvalue weighted by atomic mass is 10.2. The van der Waals surface area contributed by atoms with Crippen molar-refractivity contribution >= 4 is 22.5 Å². The molecule has 3 aromatic rings. The van der Waals surface area contributed by atoms with E-state index >= 15 is 0 Å². The Bertz CT molecular complexity index is 777. The molecule has 5 heteroatoms. The molecule has 4 nitrogen and oxygen atoms in total. The molecule has 21 heavy (non-hydrogen) atoms. The number of rotatable bonds is 4. The van der Waals surface area contributed by atoms with Crippen LogP contribution in [-0.2, 0) is 0 Å². The van der Waals surface area contributed by atoms with Crippen LogP contribution in [0, 0.1) is 0 Å². The zero-order chi connectivity index (χ0) is 14.7. The maximum absolute atomic E-state index is 5.94. The molecule has 0 unspecified atom stereocenters. The molecular weight excluding hydrogens is 288 g/mol. The molecule has 0 N–H and O–H groups in total. The average molecular weight is 301 g/mol. The molecule has 0 saturated heterocycles. The number of aromatic nitrogens is 2. The van der Waals surface area contributed by atoms with Crippen LogP contribution in [0.2, 0.25) is 5.28 Å². The van der Waals surface area contributed by atoms with E-state index in [4.69, 9.17) is 21.1 Å². The number of para-hydroxylation sites is 1. The number of ether oxygens (including phenoxy) is 2. The molecule has 0 amide bonds. The minimum absolute atomic E-state index is 0.157. The van der Waals surface area contributed by atoms with Crippen molar-refractivity contribution in [1.82, 2.24) is 9.97 Å². The number of benzene rings is 2. The van der Waals surface area contributed by atoms with Crippen molar-refractivity contribution in [2.75, 3.05) is 6.61 Å². The molecule has 0 radical (unpaired) electrons. The van der Waals surface area contributed by atoms with E-state index in [1.807, 2.05) is 55.5 Å².